The van der Waals surface area contributed by atoms with E-state index in [0.717, 1.165) is 29.8 Å². The average Bonchev–Trinajstić information content (AvgIpc) is 3.40. The van der Waals surface area contributed by atoms with Crippen molar-refractivity contribution < 1.29 is 14.1 Å². The van der Waals surface area contributed by atoms with E-state index in [2.05, 4.69) is 28.3 Å². The third-order valence-electron chi connectivity index (χ3n) is 6.06. The van der Waals surface area contributed by atoms with Crippen LogP contribution < -0.4 is 9.64 Å². The van der Waals surface area contributed by atoms with E-state index >= 15 is 0 Å². The number of ether oxygens (including phenoxy) is 1. The largest absolute Gasteiger partial charge is 0.491 e. The number of hydrogen-bond acceptors (Lipinski definition) is 5. The predicted molar refractivity (Wildman–Crippen MR) is 118 cm³/mol. The van der Waals surface area contributed by atoms with E-state index in [1.165, 1.54) is 24.0 Å². The minimum atomic E-state index is -0.0863. The van der Waals surface area contributed by atoms with Gasteiger partial charge in [-0.3, -0.25) is 4.79 Å². The smallest absolute Gasteiger partial charge is 0.232 e. The summed E-state index contributed by atoms with van der Waals surface area (Å²) < 4.78 is 11.3. The Morgan fingerprint density at radius 2 is 1.90 bits per heavy atom. The van der Waals surface area contributed by atoms with E-state index in [1.54, 1.807) is 0 Å². The Labute approximate surface area is 182 Å². The third-order valence-corrected chi connectivity index (χ3v) is 6.06. The van der Waals surface area contributed by atoms with Crippen molar-refractivity contribution >= 4 is 11.6 Å². The molecule has 0 spiro atoms. The summed E-state index contributed by atoms with van der Waals surface area (Å²) >= 11 is 0. The summed E-state index contributed by atoms with van der Waals surface area (Å²) in [4.78, 5) is 19.4. The number of hydrogen-bond donors (Lipinski definition) is 0. The molecule has 1 unspecified atom stereocenters. The van der Waals surface area contributed by atoms with Crippen LogP contribution >= 0.6 is 0 Å². The first kappa shape index (κ1) is 19.8. The van der Waals surface area contributed by atoms with Gasteiger partial charge in [-0.2, -0.15) is 4.98 Å². The third kappa shape index (κ3) is 3.94. The summed E-state index contributed by atoms with van der Waals surface area (Å²) in [5, 5.41) is 4.16. The Morgan fingerprint density at radius 3 is 2.71 bits per heavy atom. The predicted octanol–water partition coefficient (Wildman–Crippen LogP) is 4.92. The van der Waals surface area contributed by atoms with E-state index in [4.69, 9.17) is 9.26 Å². The molecule has 1 atom stereocenters. The van der Waals surface area contributed by atoms with E-state index in [9.17, 15) is 4.79 Å². The van der Waals surface area contributed by atoms with Crippen LogP contribution in [0.25, 0.3) is 11.4 Å². The first-order valence-corrected chi connectivity index (χ1v) is 11.1. The van der Waals surface area contributed by atoms with Gasteiger partial charge in [0.2, 0.25) is 17.6 Å². The summed E-state index contributed by atoms with van der Waals surface area (Å²) in [7, 11) is 0. The highest BCUT2D eigenvalue weighted by Crippen LogP contribution is 2.36. The number of fused-ring (bicyclic) bond motifs is 1. The molecule has 6 nitrogen and oxygen atoms in total. The Morgan fingerprint density at radius 1 is 1.10 bits per heavy atom. The molecule has 0 N–H and O–H groups in total. The molecule has 1 saturated heterocycles. The van der Waals surface area contributed by atoms with Gasteiger partial charge in [0.25, 0.3) is 0 Å². The molecular formula is C25H27N3O3. The molecule has 0 bridgehead atoms. The molecule has 2 aliphatic rings. The molecule has 3 aromatic rings. The molecule has 1 amide bonds. The zero-order valence-electron chi connectivity index (χ0n) is 18.0. The van der Waals surface area contributed by atoms with Crippen LogP contribution in [0, 0.1) is 0 Å². The summed E-state index contributed by atoms with van der Waals surface area (Å²) in [5.74, 6) is 1.91. The van der Waals surface area contributed by atoms with Crippen LogP contribution in [0.15, 0.2) is 47.0 Å². The van der Waals surface area contributed by atoms with Gasteiger partial charge in [0.1, 0.15) is 5.75 Å². The highest BCUT2D eigenvalue weighted by atomic mass is 16.5. The molecule has 1 aromatic heterocycles. The van der Waals surface area contributed by atoms with Gasteiger partial charge in [-0.25, -0.2) is 0 Å². The van der Waals surface area contributed by atoms with Crippen molar-refractivity contribution in [2.24, 2.45) is 0 Å². The number of nitrogens with zero attached hydrogens (tertiary/aromatic N) is 3. The van der Waals surface area contributed by atoms with Gasteiger partial charge in [0.15, 0.2) is 0 Å². The summed E-state index contributed by atoms with van der Waals surface area (Å²) in [6.45, 7) is 4.58. The highest BCUT2D eigenvalue weighted by Gasteiger charge is 2.36. The lowest BCUT2D eigenvalue weighted by molar-refractivity contribution is -0.117. The fourth-order valence-electron chi connectivity index (χ4n) is 4.59. The molecule has 6 heteroatoms. The molecular weight excluding hydrogens is 390 g/mol. The number of carbonyl (C=O) groups excluding carboxylic acids is 1. The molecule has 1 fully saturated rings. The monoisotopic (exact) mass is 417 g/mol. The molecule has 5 rings (SSSR count). The lowest BCUT2D eigenvalue weighted by Gasteiger charge is -2.25. The average molecular weight is 418 g/mol. The van der Waals surface area contributed by atoms with Crippen LogP contribution in [0.5, 0.6) is 5.75 Å². The molecule has 1 aliphatic carbocycles. The van der Waals surface area contributed by atoms with Gasteiger partial charge in [0, 0.05) is 24.2 Å². The zero-order chi connectivity index (χ0) is 21.4. The van der Waals surface area contributed by atoms with Crippen LogP contribution in [-0.2, 0) is 17.6 Å². The molecule has 2 aromatic carbocycles. The molecule has 0 saturated carbocycles. The van der Waals surface area contributed by atoms with Crippen molar-refractivity contribution in [3.63, 3.8) is 0 Å². The highest BCUT2D eigenvalue weighted by molar-refractivity contribution is 5.97. The second kappa shape index (κ2) is 8.17. The van der Waals surface area contributed by atoms with Crippen LogP contribution in [0.2, 0.25) is 0 Å². The maximum absolute atomic E-state index is 12.9. The lowest BCUT2D eigenvalue weighted by Crippen LogP contribution is -2.26. The maximum atomic E-state index is 12.9. The topological polar surface area (TPSA) is 68.5 Å². The zero-order valence-corrected chi connectivity index (χ0v) is 18.0. The van der Waals surface area contributed by atoms with Gasteiger partial charge < -0.3 is 14.2 Å². The normalized spacial score (nSPS) is 18.5. The van der Waals surface area contributed by atoms with Crippen LogP contribution in [-0.4, -0.2) is 28.7 Å². The molecule has 1 aliphatic heterocycles. The minimum absolute atomic E-state index is 0.0863. The maximum Gasteiger partial charge on any atom is 0.232 e. The molecule has 31 heavy (non-hydrogen) atoms. The van der Waals surface area contributed by atoms with E-state index in [-0.39, 0.29) is 17.9 Å². The van der Waals surface area contributed by atoms with Crippen molar-refractivity contribution in [1.29, 1.82) is 0 Å². The van der Waals surface area contributed by atoms with Crippen LogP contribution in [0.1, 0.15) is 56.0 Å². The molecule has 0 radical (unpaired) electrons. The van der Waals surface area contributed by atoms with Gasteiger partial charge >= 0.3 is 0 Å². The fraction of sp³-hybridized carbons (Fsp3) is 0.400. The van der Waals surface area contributed by atoms with Gasteiger partial charge in [-0.1, -0.05) is 17.3 Å². The van der Waals surface area contributed by atoms with Crippen molar-refractivity contribution in [1.82, 2.24) is 10.1 Å². The summed E-state index contributed by atoms with van der Waals surface area (Å²) in [5.41, 5.74) is 4.64. The number of aryl methyl sites for hydroxylation is 1. The first-order chi connectivity index (χ1) is 15.1. The van der Waals surface area contributed by atoms with Crippen molar-refractivity contribution in [3.05, 3.63) is 59.5 Å². The van der Waals surface area contributed by atoms with Gasteiger partial charge in [-0.15, -0.1) is 0 Å². The van der Waals surface area contributed by atoms with Crippen molar-refractivity contribution in [2.45, 2.75) is 58.0 Å². The van der Waals surface area contributed by atoms with Crippen molar-refractivity contribution in [3.8, 4) is 17.1 Å². The van der Waals surface area contributed by atoms with Gasteiger partial charge in [-0.05, 0) is 81.0 Å². The Balaban J connectivity index is 1.34. The number of carbonyl (C=O) groups is 1. The quantitative estimate of drug-likeness (QED) is 0.589. The van der Waals surface area contributed by atoms with Crippen LogP contribution in [0.3, 0.4) is 0 Å². The number of rotatable bonds is 5. The van der Waals surface area contributed by atoms with Crippen molar-refractivity contribution in [2.75, 3.05) is 11.4 Å². The molecule has 160 valence electrons. The van der Waals surface area contributed by atoms with E-state index < -0.39 is 0 Å². The Kier molecular flexibility index (Phi) is 5.22. The van der Waals surface area contributed by atoms with Crippen LogP contribution in [0.4, 0.5) is 5.69 Å². The number of anilines is 1. The second-order valence-corrected chi connectivity index (χ2v) is 8.67. The number of benzene rings is 2. The van der Waals surface area contributed by atoms with Gasteiger partial charge in [0.05, 0.1) is 12.0 Å². The van der Waals surface area contributed by atoms with E-state index in [1.807, 2.05) is 43.0 Å². The first-order valence-electron chi connectivity index (χ1n) is 11.1. The Hall–Kier alpha value is -3.15. The standard InChI is InChI=1S/C25H27N3O3/c1-16(2)30-20-12-10-18(11-13-20)24-26-25(31-27-24)19-14-23(29)28(15-19)22-9-5-7-17-6-3-4-8-21(17)22/h5,7,9-13,16,19H,3-4,6,8,14-15H2,1-2H3. The SMILES string of the molecule is CC(C)Oc1ccc(-c2noc(C3CC(=O)N(c4cccc5c4CCCC5)C3)n2)cc1. The summed E-state index contributed by atoms with van der Waals surface area (Å²) in [6.07, 6.45) is 5.07. The van der Waals surface area contributed by atoms with E-state index in [0.29, 0.717) is 24.7 Å². The minimum Gasteiger partial charge on any atom is -0.491 e. The second-order valence-electron chi connectivity index (χ2n) is 8.67. The fourth-order valence-corrected chi connectivity index (χ4v) is 4.59. The summed E-state index contributed by atoms with van der Waals surface area (Å²) in [6, 6.07) is 14.0. The molecule has 2 heterocycles. The Bertz CT molecular complexity index is 1090. The number of aromatic nitrogens is 2. The lowest BCUT2D eigenvalue weighted by atomic mass is 9.90. The number of amides is 1.